The zero-order valence-electron chi connectivity index (χ0n) is 12.2. The third-order valence-electron chi connectivity index (χ3n) is 3.56. The molecule has 0 spiro atoms. The summed E-state index contributed by atoms with van der Waals surface area (Å²) < 4.78 is 9.85. The Bertz CT molecular complexity index is 721. The molecule has 1 aliphatic rings. The van der Waals surface area contributed by atoms with Gasteiger partial charge in [-0.2, -0.15) is 0 Å². The van der Waals surface area contributed by atoms with Crippen molar-refractivity contribution in [1.82, 2.24) is 5.16 Å². The molecule has 0 radical (unpaired) electrons. The van der Waals surface area contributed by atoms with Gasteiger partial charge in [-0.05, 0) is 49.4 Å². The zero-order chi connectivity index (χ0) is 15.5. The number of fused-ring (bicyclic) bond motifs is 1. The number of nitrogens with one attached hydrogen (secondary N) is 1. The summed E-state index contributed by atoms with van der Waals surface area (Å²) in [7, 11) is 0. The molecule has 6 nitrogen and oxygen atoms in total. The van der Waals surface area contributed by atoms with Gasteiger partial charge in [-0.15, -0.1) is 0 Å². The van der Waals surface area contributed by atoms with Crippen molar-refractivity contribution >= 4 is 17.7 Å². The highest BCUT2D eigenvalue weighted by Gasteiger charge is 2.16. The summed E-state index contributed by atoms with van der Waals surface area (Å²) in [5.74, 6) is -0.0643. The van der Waals surface area contributed by atoms with E-state index in [1.165, 1.54) is 11.1 Å². The number of nitrogens with zero attached hydrogens (tertiary/aromatic N) is 1. The predicted octanol–water partition coefficient (Wildman–Crippen LogP) is 2.27. The summed E-state index contributed by atoms with van der Waals surface area (Å²) in [6.45, 7) is 1.36. The largest absolute Gasteiger partial charge is 0.452 e. The highest BCUT2D eigenvalue weighted by Crippen LogP contribution is 2.23. The van der Waals surface area contributed by atoms with Crippen molar-refractivity contribution in [2.75, 3.05) is 11.9 Å². The molecule has 114 valence electrons. The predicted molar refractivity (Wildman–Crippen MR) is 78.6 cm³/mol. The molecule has 1 aromatic heterocycles. The Labute approximate surface area is 127 Å². The summed E-state index contributed by atoms with van der Waals surface area (Å²) in [6, 6.07) is 7.13. The van der Waals surface area contributed by atoms with Gasteiger partial charge in [0.2, 0.25) is 0 Å². The van der Waals surface area contributed by atoms with E-state index in [0.717, 1.165) is 19.3 Å². The normalized spacial score (nSPS) is 12.8. The third kappa shape index (κ3) is 3.16. The topological polar surface area (TPSA) is 81.4 Å². The lowest BCUT2D eigenvalue weighted by molar-refractivity contribution is -0.119. The number of carbonyl (C=O) groups is 2. The molecule has 1 N–H and O–H groups in total. The van der Waals surface area contributed by atoms with Crippen LogP contribution in [-0.2, 0) is 22.4 Å². The van der Waals surface area contributed by atoms with Gasteiger partial charge in [0.25, 0.3) is 5.91 Å². The minimum atomic E-state index is -0.499. The first-order chi connectivity index (χ1) is 10.6. The minimum Gasteiger partial charge on any atom is -0.452 e. The molecule has 0 fully saturated rings. The second kappa shape index (κ2) is 6.01. The fraction of sp³-hybridized carbons (Fsp3) is 0.312. The van der Waals surface area contributed by atoms with Crippen LogP contribution in [0.1, 0.15) is 33.7 Å². The molecule has 1 aromatic carbocycles. The van der Waals surface area contributed by atoms with E-state index in [-0.39, 0.29) is 6.61 Å². The molecule has 0 bridgehead atoms. The fourth-order valence-corrected chi connectivity index (χ4v) is 2.52. The van der Waals surface area contributed by atoms with Crippen LogP contribution in [0.15, 0.2) is 28.8 Å². The van der Waals surface area contributed by atoms with E-state index in [4.69, 9.17) is 9.26 Å². The van der Waals surface area contributed by atoms with E-state index in [0.29, 0.717) is 17.1 Å². The van der Waals surface area contributed by atoms with Gasteiger partial charge in [0.05, 0.1) is 5.56 Å². The monoisotopic (exact) mass is 300 g/mol. The molecule has 6 heteroatoms. The van der Waals surface area contributed by atoms with Crippen LogP contribution in [0.25, 0.3) is 0 Å². The molecule has 1 aliphatic carbocycles. The van der Waals surface area contributed by atoms with Crippen LogP contribution in [-0.4, -0.2) is 23.6 Å². The molecule has 1 heterocycles. The summed E-state index contributed by atoms with van der Waals surface area (Å²) in [5.41, 5.74) is 2.96. The Morgan fingerprint density at radius 2 is 2.09 bits per heavy atom. The average molecular weight is 300 g/mol. The van der Waals surface area contributed by atoms with Crippen LogP contribution in [0.3, 0.4) is 0 Å². The van der Waals surface area contributed by atoms with Crippen LogP contribution >= 0.6 is 0 Å². The van der Waals surface area contributed by atoms with Crippen LogP contribution in [0.2, 0.25) is 0 Å². The number of esters is 1. The summed E-state index contributed by atoms with van der Waals surface area (Å²) in [4.78, 5) is 23.6. The lowest BCUT2D eigenvalue weighted by Gasteiger charge is -2.06. The molecule has 3 rings (SSSR count). The number of amides is 1. The summed E-state index contributed by atoms with van der Waals surface area (Å²) in [5, 5.41) is 6.12. The van der Waals surface area contributed by atoms with Crippen molar-refractivity contribution in [3.05, 3.63) is 46.7 Å². The van der Waals surface area contributed by atoms with Crippen molar-refractivity contribution in [3.8, 4) is 0 Å². The maximum Gasteiger partial charge on any atom is 0.338 e. The van der Waals surface area contributed by atoms with E-state index >= 15 is 0 Å². The lowest BCUT2D eigenvalue weighted by Crippen LogP contribution is -2.21. The smallest absolute Gasteiger partial charge is 0.338 e. The highest BCUT2D eigenvalue weighted by atomic mass is 16.5. The second-order valence-electron chi connectivity index (χ2n) is 5.28. The maximum atomic E-state index is 12.0. The first kappa shape index (κ1) is 14.3. The quantitative estimate of drug-likeness (QED) is 0.876. The summed E-state index contributed by atoms with van der Waals surface area (Å²) >= 11 is 0. The molecule has 2 aromatic rings. The van der Waals surface area contributed by atoms with Crippen molar-refractivity contribution in [2.45, 2.75) is 26.2 Å². The number of rotatable bonds is 4. The molecule has 0 saturated carbocycles. The number of aryl methyl sites for hydroxylation is 3. The summed E-state index contributed by atoms with van der Waals surface area (Å²) in [6.07, 6.45) is 3.17. The van der Waals surface area contributed by atoms with Crippen molar-refractivity contribution in [2.24, 2.45) is 0 Å². The molecule has 1 amide bonds. The Balaban J connectivity index is 1.54. The molecule has 0 unspecified atom stereocenters. The van der Waals surface area contributed by atoms with Crippen LogP contribution in [0.4, 0.5) is 5.82 Å². The maximum absolute atomic E-state index is 12.0. The van der Waals surface area contributed by atoms with Gasteiger partial charge < -0.3 is 14.6 Å². The highest BCUT2D eigenvalue weighted by molar-refractivity contribution is 5.95. The van der Waals surface area contributed by atoms with E-state index < -0.39 is 11.9 Å². The van der Waals surface area contributed by atoms with Gasteiger partial charge in [-0.3, -0.25) is 4.79 Å². The number of carbonyl (C=O) groups excluding carboxylic acids is 2. The molecule has 0 atom stereocenters. The lowest BCUT2D eigenvalue weighted by atomic mass is 10.1. The number of anilines is 1. The minimum absolute atomic E-state index is 0.302. The number of ether oxygens (including phenoxy) is 1. The van der Waals surface area contributed by atoms with Crippen LogP contribution in [0.5, 0.6) is 0 Å². The second-order valence-corrected chi connectivity index (χ2v) is 5.28. The number of aromatic nitrogens is 1. The van der Waals surface area contributed by atoms with Gasteiger partial charge in [-0.1, -0.05) is 11.2 Å². The van der Waals surface area contributed by atoms with Crippen LogP contribution < -0.4 is 5.32 Å². The standard InChI is InChI=1S/C16H16N2O4/c1-10-7-14(18-22-10)17-15(19)9-21-16(20)13-6-5-11-3-2-4-12(11)8-13/h5-8H,2-4,9H2,1H3,(H,17,18,19). The molecular formula is C16H16N2O4. The fourth-order valence-electron chi connectivity index (χ4n) is 2.52. The van der Waals surface area contributed by atoms with E-state index in [1.807, 2.05) is 12.1 Å². The molecular weight excluding hydrogens is 284 g/mol. The van der Waals surface area contributed by atoms with Gasteiger partial charge in [-0.25, -0.2) is 4.79 Å². The van der Waals surface area contributed by atoms with Gasteiger partial charge in [0, 0.05) is 6.07 Å². The van der Waals surface area contributed by atoms with Crippen molar-refractivity contribution < 1.29 is 18.8 Å². The third-order valence-corrected chi connectivity index (χ3v) is 3.56. The van der Waals surface area contributed by atoms with Gasteiger partial charge >= 0.3 is 5.97 Å². The SMILES string of the molecule is Cc1cc(NC(=O)COC(=O)c2ccc3c(c2)CCC3)no1. The van der Waals surface area contributed by atoms with Crippen molar-refractivity contribution in [3.63, 3.8) is 0 Å². The molecule has 0 saturated heterocycles. The van der Waals surface area contributed by atoms with Crippen molar-refractivity contribution in [1.29, 1.82) is 0 Å². The molecule has 0 aliphatic heterocycles. The number of benzene rings is 1. The van der Waals surface area contributed by atoms with E-state index in [1.54, 1.807) is 19.1 Å². The van der Waals surface area contributed by atoms with E-state index in [2.05, 4.69) is 10.5 Å². The van der Waals surface area contributed by atoms with Gasteiger partial charge in [0.1, 0.15) is 5.76 Å². The first-order valence-corrected chi connectivity index (χ1v) is 7.14. The number of hydrogen-bond donors (Lipinski definition) is 1. The Morgan fingerprint density at radius 3 is 2.86 bits per heavy atom. The van der Waals surface area contributed by atoms with Crippen LogP contribution in [0, 0.1) is 6.92 Å². The average Bonchev–Trinajstić information content (AvgIpc) is 3.12. The Kier molecular flexibility index (Phi) is 3.91. The van der Waals surface area contributed by atoms with E-state index in [9.17, 15) is 9.59 Å². The first-order valence-electron chi connectivity index (χ1n) is 7.14. The van der Waals surface area contributed by atoms with Gasteiger partial charge in [0.15, 0.2) is 12.4 Å². The Morgan fingerprint density at radius 1 is 1.27 bits per heavy atom. The molecule has 22 heavy (non-hydrogen) atoms. The Hall–Kier alpha value is -2.63. The zero-order valence-corrected chi connectivity index (χ0v) is 12.2. The number of hydrogen-bond acceptors (Lipinski definition) is 5.